The number of fused-ring (bicyclic) bond motifs is 1. The largest absolute Gasteiger partial charge is 0.507 e. The Morgan fingerprint density at radius 2 is 1.95 bits per heavy atom. The number of anilines is 1. The van der Waals surface area contributed by atoms with Crippen LogP contribution in [0.1, 0.15) is 12.5 Å². The Labute approximate surface area is 133 Å². The number of halogens is 1. The molecule has 110 valence electrons. The van der Waals surface area contributed by atoms with Gasteiger partial charge in [0.15, 0.2) is 0 Å². The molecule has 2 N–H and O–H groups in total. The second kappa shape index (κ2) is 6.03. The van der Waals surface area contributed by atoms with Gasteiger partial charge in [0, 0.05) is 16.0 Å². The van der Waals surface area contributed by atoms with Crippen LogP contribution in [0.5, 0.6) is 5.75 Å². The molecule has 0 atom stereocenters. The zero-order valence-corrected chi connectivity index (χ0v) is 12.7. The highest BCUT2D eigenvalue weighted by Crippen LogP contribution is 2.22. The third-order valence-electron chi connectivity index (χ3n) is 3.28. The predicted octanol–water partition coefficient (Wildman–Crippen LogP) is 4.43. The summed E-state index contributed by atoms with van der Waals surface area (Å²) in [5.41, 5.74) is 5.00. The highest BCUT2D eigenvalue weighted by molar-refractivity contribution is 6.31. The summed E-state index contributed by atoms with van der Waals surface area (Å²) in [6.45, 7) is 1.79. The quantitative estimate of drug-likeness (QED) is 0.555. The molecule has 1 heterocycles. The first-order valence-electron chi connectivity index (χ1n) is 6.78. The van der Waals surface area contributed by atoms with Gasteiger partial charge in [-0.2, -0.15) is 5.10 Å². The maximum absolute atomic E-state index is 9.86. The Balaban J connectivity index is 1.86. The van der Waals surface area contributed by atoms with Gasteiger partial charge in [-0.15, -0.1) is 0 Å². The van der Waals surface area contributed by atoms with Crippen LogP contribution in [0.3, 0.4) is 0 Å². The Kier molecular flexibility index (Phi) is 3.94. The van der Waals surface area contributed by atoms with E-state index in [4.69, 9.17) is 11.6 Å². The molecule has 0 unspecified atom stereocenters. The van der Waals surface area contributed by atoms with E-state index >= 15 is 0 Å². The van der Waals surface area contributed by atoms with E-state index in [1.165, 1.54) is 0 Å². The molecule has 4 nitrogen and oxygen atoms in total. The first-order chi connectivity index (χ1) is 10.6. The summed E-state index contributed by atoms with van der Waals surface area (Å²) < 4.78 is 0. The fraction of sp³-hybridized carbons (Fsp3) is 0.0588. The Bertz CT molecular complexity index is 861. The zero-order chi connectivity index (χ0) is 15.5. The average Bonchev–Trinajstić information content (AvgIpc) is 2.54. The number of aromatic nitrogens is 1. The molecule has 0 saturated carbocycles. The molecule has 0 amide bonds. The SMILES string of the molecule is C/C(=N\Nc1ccc2ccccc2n1)c1cc(Cl)ccc1O. The lowest BCUT2D eigenvalue weighted by Crippen LogP contribution is -2.01. The van der Waals surface area contributed by atoms with E-state index in [0.29, 0.717) is 22.1 Å². The van der Waals surface area contributed by atoms with Crippen molar-refractivity contribution in [1.29, 1.82) is 0 Å². The van der Waals surface area contributed by atoms with E-state index in [2.05, 4.69) is 15.5 Å². The molecule has 0 aliphatic rings. The van der Waals surface area contributed by atoms with Crippen LogP contribution in [0.4, 0.5) is 5.82 Å². The van der Waals surface area contributed by atoms with Crippen molar-refractivity contribution in [2.24, 2.45) is 5.10 Å². The van der Waals surface area contributed by atoms with Gasteiger partial charge in [-0.25, -0.2) is 4.98 Å². The van der Waals surface area contributed by atoms with E-state index in [1.807, 2.05) is 36.4 Å². The van der Waals surface area contributed by atoms with E-state index in [0.717, 1.165) is 10.9 Å². The molecule has 2 aromatic carbocycles. The number of aromatic hydroxyl groups is 1. The number of phenolic OH excluding ortho intramolecular Hbond substituents is 1. The Hall–Kier alpha value is -2.59. The van der Waals surface area contributed by atoms with Gasteiger partial charge >= 0.3 is 0 Å². The van der Waals surface area contributed by atoms with Gasteiger partial charge in [-0.3, -0.25) is 5.43 Å². The number of pyridine rings is 1. The number of rotatable bonds is 3. The van der Waals surface area contributed by atoms with E-state index < -0.39 is 0 Å². The smallest absolute Gasteiger partial charge is 0.146 e. The topological polar surface area (TPSA) is 57.5 Å². The second-order valence-electron chi connectivity index (χ2n) is 4.86. The van der Waals surface area contributed by atoms with Crippen LogP contribution >= 0.6 is 11.6 Å². The first-order valence-corrected chi connectivity index (χ1v) is 7.16. The molecule has 0 radical (unpaired) electrons. The van der Waals surface area contributed by atoms with Gasteiger partial charge in [0.25, 0.3) is 0 Å². The Morgan fingerprint density at radius 3 is 2.82 bits per heavy atom. The summed E-state index contributed by atoms with van der Waals surface area (Å²) in [5, 5.41) is 15.7. The van der Waals surface area contributed by atoms with Crippen LogP contribution < -0.4 is 5.43 Å². The highest BCUT2D eigenvalue weighted by Gasteiger charge is 2.06. The van der Waals surface area contributed by atoms with Crippen molar-refractivity contribution in [1.82, 2.24) is 4.98 Å². The van der Waals surface area contributed by atoms with Crippen LogP contribution in [0.15, 0.2) is 59.7 Å². The van der Waals surface area contributed by atoms with Gasteiger partial charge in [0.2, 0.25) is 0 Å². The third-order valence-corrected chi connectivity index (χ3v) is 3.52. The number of hydrazone groups is 1. The molecule has 0 aliphatic heterocycles. The zero-order valence-electron chi connectivity index (χ0n) is 11.9. The molecule has 0 bridgehead atoms. The molecule has 3 rings (SSSR count). The van der Waals surface area contributed by atoms with Crippen molar-refractivity contribution in [3.05, 3.63) is 65.2 Å². The number of phenols is 1. The number of nitrogens with one attached hydrogen (secondary N) is 1. The lowest BCUT2D eigenvalue weighted by molar-refractivity contribution is 0.474. The van der Waals surface area contributed by atoms with Crippen LogP contribution in [-0.2, 0) is 0 Å². The van der Waals surface area contributed by atoms with Gasteiger partial charge in [-0.1, -0.05) is 29.8 Å². The molecule has 0 aliphatic carbocycles. The Morgan fingerprint density at radius 1 is 1.14 bits per heavy atom. The standard InChI is InChI=1S/C17H14ClN3O/c1-11(14-10-13(18)7-8-16(14)22)20-21-17-9-6-12-4-2-3-5-15(12)19-17/h2-10,22H,1H3,(H,19,21)/b20-11+. The number of nitrogens with zero attached hydrogens (tertiary/aromatic N) is 2. The van der Waals surface area contributed by atoms with Gasteiger partial charge < -0.3 is 5.11 Å². The van der Waals surface area contributed by atoms with Crippen LogP contribution in [-0.4, -0.2) is 15.8 Å². The van der Waals surface area contributed by atoms with Crippen molar-refractivity contribution in [2.45, 2.75) is 6.92 Å². The fourth-order valence-electron chi connectivity index (χ4n) is 2.13. The second-order valence-corrected chi connectivity index (χ2v) is 5.30. The molecule has 3 aromatic rings. The number of hydrogen-bond donors (Lipinski definition) is 2. The lowest BCUT2D eigenvalue weighted by Gasteiger charge is -2.06. The maximum atomic E-state index is 9.86. The van der Waals surface area contributed by atoms with Crippen molar-refractivity contribution in [3.8, 4) is 5.75 Å². The highest BCUT2D eigenvalue weighted by atomic mass is 35.5. The minimum absolute atomic E-state index is 0.138. The maximum Gasteiger partial charge on any atom is 0.146 e. The molecule has 5 heteroatoms. The van der Waals surface area contributed by atoms with Crippen LogP contribution in [0.25, 0.3) is 10.9 Å². The van der Waals surface area contributed by atoms with Crippen molar-refractivity contribution in [3.63, 3.8) is 0 Å². The molecular formula is C17H14ClN3O. The minimum Gasteiger partial charge on any atom is -0.507 e. The van der Waals surface area contributed by atoms with Crippen molar-refractivity contribution < 1.29 is 5.11 Å². The average molecular weight is 312 g/mol. The number of para-hydroxylation sites is 1. The summed E-state index contributed by atoms with van der Waals surface area (Å²) in [4.78, 5) is 4.47. The lowest BCUT2D eigenvalue weighted by atomic mass is 10.1. The molecule has 0 saturated heterocycles. The summed E-state index contributed by atoms with van der Waals surface area (Å²) in [7, 11) is 0. The van der Waals surface area contributed by atoms with Gasteiger partial charge in [-0.05, 0) is 43.3 Å². The fourth-order valence-corrected chi connectivity index (χ4v) is 2.30. The van der Waals surface area contributed by atoms with Crippen molar-refractivity contribution >= 4 is 34.0 Å². The van der Waals surface area contributed by atoms with Crippen LogP contribution in [0, 0.1) is 0 Å². The van der Waals surface area contributed by atoms with E-state index in [-0.39, 0.29) is 5.75 Å². The van der Waals surface area contributed by atoms with E-state index in [9.17, 15) is 5.11 Å². The third kappa shape index (κ3) is 3.02. The summed E-state index contributed by atoms with van der Waals surface area (Å²) >= 11 is 5.94. The molecule has 22 heavy (non-hydrogen) atoms. The monoisotopic (exact) mass is 311 g/mol. The molecular weight excluding hydrogens is 298 g/mol. The van der Waals surface area contributed by atoms with Crippen molar-refractivity contribution in [2.75, 3.05) is 5.43 Å². The number of benzene rings is 2. The molecule has 1 aromatic heterocycles. The van der Waals surface area contributed by atoms with Gasteiger partial charge in [0.1, 0.15) is 11.6 Å². The first kappa shape index (κ1) is 14.4. The van der Waals surface area contributed by atoms with Crippen LogP contribution in [0.2, 0.25) is 5.02 Å². The number of hydrogen-bond acceptors (Lipinski definition) is 4. The summed E-state index contributed by atoms with van der Waals surface area (Å²) in [6.07, 6.45) is 0. The van der Waals surface area contributed by atoms with E-state index in [1.54, 1.807) is 25.1 Å². The minimum atomic E-state index is 0.138. The normalized spacial score (nSPS) is 11.6. The van der Waals surface area contributed by atoms with Gasteiger partial charge in [0.05, 0.1) is 11.2 Å². The summed E-state index contributed by atoms with van der Waals surface area (Å²) in [5.74, 6) is 0.776. The molecule has 0 spiro atoms. The predicted molar refractivity (Wildman–Crippen MR) is 90.7 cm³/mol. The summed E-state index contributed by atoms with van der Waals surface area (Å²) in [6, 6.07) is 16.6. The molecule has 0 fully saturated rings.